The Hall–Kier alpha value is -16.0. The fourth-order valence-corrected chi connectivity index (χ4v) is 20.8. The number of aryl methyl sites for hydroxylation is 1. The molecule has 46 heteroatoms. The summed E-state index contributed by atoms with van der Waals surface area (Å²) in [5.41, 5.74) is 12.7. The van der Waals surface area contributed by atoms with Gasteiger partial charge in [0, 0.05) is 184 Å². The second-order valence-electron chi connectivity index (χ2n) is 32.2. The number of likely N-dealkylation sites (N-methyl/N-ethyl adjacent to an activating group) is 1. The number of fused-ring (bicyclic) bond motifs is 7. The molecule has 15 aromatic rings. The number of ether oxygens (including phenoxy) is 6. The van der Waals surface area contributed by atoms with Crippen molar-refractivity contribution in [1.82, 2.24) is 97.0 Å². The van der Waals surface area contributed by atoms with Crippen LogP contribution in [0, 0.1) is 0 Å². The molecule has 23 rings (SSSR count). The van der Waals surface area contributed by atoms with E-state index in [9.17, 15) is 49.8 Å². The van der Waals surface area contributed by atoms with E-state index in [-0.39, 0.29) is 22.4 Å². The van der Waals surface area contributed by atoms with Gasteiger partial charge >= 0.3 is 0 Å². The van der Waals surface area contributed by atoms with Gasteiger partial charge in [0.1, 0.15) is 30.5 Å². The van der Waals surface area contributed by atoms with Crippen LogP contribution in [0.15, 0.2) is 218 Å². The molecule has 8 aliphatic heterocycles. The number of carbonyl (C=O) groups is 5. The summed E-state index contributed by atoms with van der Waals surface area (Å²) in [6.07, 6.45) is 26.3. The second kappa shape index (κ2) is 39.0. The molecule has 41 nitrogen and oxygen atoms in total. The van der Waals surface area contributed by atoms with Crippen molar-refractivity contribution in [2.75, 3.05) is 122 Å². The third-order valence-corrected chi connectivity index (χ3v) is 28.6. The SMILES string of the molecule is COCCN1CCOc2cc(-c3ccc4c(cnn4C4=CC(=O)NS4=O)c3)cnc21.COc1cc(-c2ccc(N3CCCC3)nc2)c2cnn(C3=CC(=O)NS3=O)c2c1.COc1cc(-c2ccc3c(cnn3C3=CC(=O)NS3=O)c2)cnc1N(C)C.COc1cc(-c2cnc3c(c2)OCCN3C)c2cnn(C3=CC(=O)NS3=O)c2c1.Cn1cc(-c2ccc3c(cnn3C3=CC(=O)NS3=O)c2)ccc1=O. The summed E-state index contributed by atoms with van der Waals surface area (Å²) < 4.78 is 114. The first-order chi connectivity index (χ1) is 67.3. The van der Waals surface area contributed by atoms with E-state index >= 15 is 0 Å². The van der Waals surface area contributed by atoms with Crippen LogP contribution in [-0.2, 0) is 90.7 Å². The van der Waals surface area contributed by atoms with E-state index in [1.807, 2.05) is 146 Å². The van der Waals surface area contributed by atoms with Gasteiger partial charge in [0.15, 0.2) is 115 Å². The predicted molar refractivity (Wildman–Crippen MR) is 529 cm³/mol. The number of nitrogens with one attached hydrogen (secondary N) is 5. The monoisotopic (exact) mass is 1970 g/mol. The van der Waals surface area contributed by atoms with Crippen LogP contribution in [0.4, 0.5) is 23.3 Å². The molecule has 5 atom stereocenters. The number of hydrogen-bond acceptors (Lipinski definition) is 30. The van der Waals surface area contributed by atoms with Crippen LogP contribution in [0.2, 0.25) is 0 Å². The van der Waals surface area contributed by atoms with Crippen LogP contribution < -0.4 is 72.5 Å². The summed E-state index contributed by atoms with van der Waals surface area (Å²) in [7, 11) is 5.88. The zero-order chi connectivity index (χ0) is 96.7. The molecule has 5 unspecified atom stereocenters. The number of nitrogens with zero attached hydrogens (tertiary/aromatic N) is 19. The van der Waals surface area contributed by atoms with Gasteiger partial charge in [-0.15, -0.1) is 0 Å². The van der Waals surface area contributed by atoms with Crippen molar-refractivity contribution in [3.63, 3.8) is 0 Å². The number of carbonyl (C=O) groups excluding carboxylic acids is 5. The minimum absolute atomic E-state index is 0.0690. The van der Waals surface area contributed by atoms with Crippen LogP contribution in [0.3, 0.4) is 0 Å². The highest BCUT2D eigenvalue weighted by atomic mass is 32.2. The normalized spacial score (nSPS) is 17.8. The molecule has 10 aromatic heterocycles. The van der Waals surface area contributed by atoms with Crippen LogP contribution in [0.5, 0.6) is 28.7 Å². The quantitative estimate of drug-likeness (QED) is 0.0541. The minimum atomic E-state index is -1.66. The number of methoxy groups -OCH3 is 4. The van der Waals surface area contributed by atoms with Crippen molar-refractivity contribution in [2.45, 2.75) is 12.8 Å². The molecule has 5 aromatic carbocycles. The molecule has 0 saturated carbocycles. The lowest BCUT2D eigenvalue weighted by Gasteiger charge is -2.30. The molecule has 8 aliphatic rings. The number of benzene rings is 5. The Labute approximate surface area is 802 Å². The Balaban J connectivity index is 0.000000111. The Kier molecular flexibility index (Phi) is 25.8. The van der Waals surface area contributed by atoms with Gasteiger partial charge in [0.05, 0.1) is 99.6 Å². The molecule has 18 heterocycles. The number of amides is 5. The van der Waals surface area contributed by atoms with Crippen LogP contribution >= 0.6 is 0 Å². The summed E-state index contributed by atoms with van der Waals surface area (Å²) >= 11 is 0. The van der Waals surface area contributed by atoms with E-state index in [1.165, 1.54) is 77.3 Å². The molecule has 0 aliphatic carbocycles. The molecular weight excluding hydrogens is 1890 g/mol. The topological polar surface area (TPSA) is 462 Å². The standard InChI is InChI=1S/C20H19N5O4S.C20H19N5O3S.C19H17N5O4S.C18H17N5O3S.C16H12N4O3S/c1-28-6-4-24-5-7-29-17-9-14(11-21-20(17)24)13-2-3-16-15(8-13)12-22-25(16)19-10-18(26)23-30(19)27;1-28-14-8-15(13-4-5-18(21-11-13)24-6-2-3-7-24)16-12-22-25(17(16)9-14)20-10-19(26)23-29(20)27;1-23-3-4-28-16-5-11(9-20-19(16)23)13-6-12(27-2)7-15-14(13)10-21-24(15)18-8-17(25)22-29(18)26;1-22(2)18-15(26-3)7-12(9-19-18)11-4-5-14-13(6-11)10-20-23(14)17-8-16(24)21-27(17)25;1-19-9-11(3-5-15(19)22)10-2-4-13-12(6-10)8-17-20(13)16-7-14(21)18-24(16)23/h2-3,8-12H,4-7H2,1H3,(H,23,26);4-5,8-12H,2-3,6-7H2,1H3,(H,23,26);5-10H,3-4H2,1-2H3,(H,22,25);4-10H,1-3H3,(H,21,24);2-9H,1H3,(H,18,21). The van der Waals surface area contributed by atoms with E-state index in [4.69, 9.17) is 28.4 Å². The number of aromatic nitrogens is 15. The summed E-state index contributed by atoms with van der Waals surface area (Å²) in [5, 5.41) is 27.4. The van der Waals surface area contributed by atoms with Gasteiger partial charge in [0.25, 0.3) is 29.5 Å². The molecular formula is C93H84N24O17S5. The largest absolute Gasteiger partial charge is 0.497 e. The third-order valence-electron chi connectivity index (χ3n) is 23.3. The second-order valence-corrected chi connectivity index (χ2v) is 38.0. The number of hydrogen-bond donors (Lipinski definition) is 5. The molecule has 139 heavy (non-hydrogen) atoms. The van der Waals surface area contributed by atoms with E-state index in [2.05, 4.69) is 78.8 Å². The van der Waals surface area contributed by atoms with E-state index in [0.29, 0.717) is 74.0 Å². The Morgan fingerprint density at radius 1 is 0.396 bits per heavy atom. The maximum absolute atomic E-state index is 12.2. The highest BCUT2D eigenvalue weighted by Gasteiger charge is 2.32. The summed E-state index contributed by atoms with van der Waals surface area (Å²) in [5.74, 6) is 4.78. The Bertz CT molecular complexity index is 7950. The van der Waals surface area contributed by atoms with Crippen molar-refractivity contribution in [3.05, 3.63) is 224 Å². The lowest BCUT2D eigenvalue weighted by molar-refractivity contribution is -0.115. The van der Waals surface area contributed by atoms with Crippen LogP contribution in [-0.4, -0.2) is 226 Å². The van der Waals surface area contributed by atoms with Crippen LogP contribution in [0.1, 0.15) is 12.8 Å². The molecule has 5 N–H and O–H groups in total. The van der Waals surface area contributed by atoms with Crippen molar-refractivity contribution in [1.29, 1.82) is 0 Å². The molecule has 708 valence electrons. The predicted octanol–water partition coefficient (Wildman–Crippen LogP) is 8.12. The minimum Gasteiger partial charge on any atom is -0.497 e. The molecule has 5 amide bonds. The van der Waals surface area contributed by atoms with Crippen molar-refractivity contribution >= 4 is 187 Å². The molecule has 1 fully saturated rings. The molecule has 1 saturated heterocycles. The first-order valence-electron chi connectivity index (χ1n) is 42.9. The van der Waals surface area contributed by atoms with E-state index in [1.54, 1.807) is 97.2 Å². The van der Waals surface area contributed by atoms with Gasteiger partial charge in [-0.25, -0.2) is 64.4 Å². The van der Waals surface area contributed by atoms with Gasteiger partial charge in [-0.05, 0) is 131 Å². The summed E-state index contributed by atoms with van der Waals surface area (Å²) in [6, 6.07) is 38.0. The third kappa shape index (κ3) is 18.6. The van der Waals surface area contributed by atoms with Gasteiger partial charge in [-0.3, -0.25) is 52.4 Å². The number of rotatable bonds is 18. The van der Waals surface area contributed by atoms with Crippen LogP contribution in [0.25, 0.3) is 135 Å². The summed E-state index contributed by atoms with van der Waals surface area (Å²) in [4.78, 5) is 95.6. The van der Waals surface area contributed by atoms with Crippen molar-refractivity contribution < 1.29 is 73.4 Å². The zero-order valence-electron chi connectivity index (χ0n) is 75.3. The zero-order valence-corrected chi connectivity index (χ0v) is 79.3. The molecule has 0 radical (unpaired) electrons. The highest BCUT2D eigenvalue weighted by Crippen LogP contribution is 2.42. The first-order valence-corrected chi connectivity index (χ1v) is 48.7. The average Bonchev–Trinajstić information content (AvgIpc) is 1.67. The summed E-state index contributed by atoms with van der Waals surface area (Å²) in [6.45, 7) is 6.25. The Morgan fingerprint density at radius 2 is 0.806 bits per heavy atom. The fourth-order valence-electron chi connectivity index (χ4n) is 16.5. The molecule has 0 spiro atoms. The van der Waals surface area contributed by atoms with E-state index < -0.39 is 72.6 Å². The van der Waals surface area contributed by atoms with Gasteiger partial charge in [0.2, 0.25) is 5.56 Å². The van der Waals surface area contributed by atoms with Crippen molar-refractivity contribution in [3.8, 4) is 84.4 Å². The smallest absolute Gasteiger partial charge is 0.258 e. The average molecular weight is 1970 g/mol. The lowest BCUT2D eigenvalue weighted by atomic mass is 10.0. The first kappa shape index (κ1) is 92.0. The highest BCUT2D eigenvalue weighted by molar-refractivity contribution is 7.94. The number of anilines is 4. The Morgan fingerprint density at radius 3 is 1.25 bits per heavy atom. The fraction of sp³-hybridized carbons (Fsp3) is 0.194. The van der Waals surface area contributed by atoms with Gasteiger partial charge in [-0.1, -0.05) is 18.2 Å². The lowest BCUT2D eigenvalue weighted by Crippen LogP contribution is -2.35. The maximum Gasteiger partial charge on any atom is 0.258 e. The maximum atomic E-state index is 12.2. The molecule has 0 bridgehead atoms. The van der Waals surface area contributed by atoms with E-state index in [0.717, 1.165) is 161 Å². The van der Waals surface area contributed by atoms with Gasteiger partial charge in [-0.2, -0.15) is 25.5 Å². The van der Waals surface area contributed by atoms with Gasteiger partial charge < -0.3 is 52.6 Å². The van der Waals surface area contributed by atoms with Crippen molar-refractivity contribution in [2.24, 2.45) is 7.05 Å². The number of pyridine rings is 5.